The van der Waals surface area contributed by atoms with Crippen LogP contribution in [0.25, 0.3) is 0 Å². The number of ether oxygens (including phenoxy) is 4. The summed E-state index contributed by atoms with van der Waals surface area (Å²) in [5.74, 6) is 2.84. The third kappa shape index (κ3) is 8.18. The van der Waals surface area contributed by atoms with Crippen molar-refractivity contribution in [2.24, 2.45) is 5.73 Å². The Morgan fingerprint density at radius 1 is 0.806 bits per heavy atom. The molecule has 0 bridgehead atoms. The van der Waals surface area contributed by atoms with Crippen LogP contribution >= 0.6 is 0 Å². The van der Waals surface area contributed by atoms with Gasteiger partial charge in [-0.25, -0.2) is 0 Å². The third-order valence-corrected chi connectivity index (χ3v) is 5.08. The Hall–Kier alpha value is -3.74. The Morgan fingerprint density at radius 3 is 2.33 bits per heavy atom. The van der Waals surface area contributed by atoms with E-state index < -0.39 is 0 Å². The van der Waals surface area contributed by atoms with E-state index in [0.717, 1.165) is 29.2 Å². The van der Waals surface area contributed by atoms with E-state index in [1.165, 1.54) is 0 Å². The van der Waals surface area contributed by atoms with Crippen LogP contribution in [0, 0.1) is 0 Å². The van der Waals surface area contributed by atoms with Crippen molar-refractivity contribution >= 4 is 17.8 Å². The highest BCUT2D eigenvalue weighted by molar-refractivity contribution is 5.46. The summed E-state index contributed by atoms with van der Waals surface area (Å²) >= 11 is 0. The molecule has 12 heteroatoms. The molecule has 192 valence electrons. The molecule has 3 aromatic rings. The number of nitrogens with zero attached hydrogens (tertiary/aromatic N) is 4. The topological polar surface area (TPSA) is 151 Å². The van der Waals surface area contributed by atoms with Gasteiger partial charge in [0.05, 0.1) is 26.4 Å². The van der Waals surface area contributed by atoms with Crippen molar-refractivity contribution in [2.75, 3.05) is 68.8 Å². The molecule has 36 heavy (non-hydrogen) atoms. The Balaban J connectivity index is 1.32. The van der Waals surface area contributed by atoms with Crippen molar-refractivity contribution in [3.05, 3.63) is 53.9 Å². The molecule has 0 unspecified atom stereocenters. The normalized spacial score (nSPS) is 11.9. The van der Waals surface area contributed by atoms with Crippen molar-refractivity contribution in [3.63, 3.8) is 0 Å². The molecule has 2 aromatic heterocycles. The molecule has 0 radical (unpaired) electrons. The van der Waals surface area contributed by atoms with Crippen LogP contribution in [0.1, 0.15) is 11.3 Å². The van der Waals surface area contributed by atoms with Crippen LogP contribution in [0.4, 0.5) is 17.8 Å². The number of fused-ring (bicyclic) bond motifs is 1. The second kappa shape index (κ2) is 14.0. The maximum absolute atomic E-state index is 5.56. The van der Waals surface area contributed by atoms with E-state index in [9.17, 15) is 0 Å². The standard InChI is InChI=1S/C24H32N8O4/c25-7-11-33-13-14-34-12-10-28-23-30-22(27-9-6-19-3-1-2-8-26-19)31-24(32-23)29-16-18-4-5-20-21(15-18)36-17-35-20/h1-5,8,15H,6-7,9-14,16-17,25H2,(H3,27,28,29,30,31,32). The zero-order valence-electron chi connectivity index (χ0n) is 20.1. The van der Waals surface area contributed by atoms with Crippen LogP contribution in [0.5, 0.6) is 11.5 Å². The molecule has 0 atom stereocenters. The van der Waals surface area contributed by atoms with Crippen LogP contribution in [0.15, 0.2) is 42.6 Å². The van der Waals surface area contributed by atoms with Crippen LogP contribution in [-0.4, -0.2) is 72.8 Å². The van der Waals surface area contributed by atoms with Crippen LogP contribution in [0.2, 0.25) is 0 Å². The minimum absolute atomic E-state index is 0.243. The Morgan fingerprint density at radius 2 is 1.56 bits per heavy atom. The van der Waals surface area contributed by atoms with E-state index in [0.29, 0.717) is 70.5 Å². The second-order valence-electron chi connectivity index (χ2n) is 7.79. The fraction of sp³-hybridized carbons (Fsp3) is 0.417. The fourth-order valence-corrected chi connectivity index (χ4v) is 3.33. The van der Waals surface area contributed by atoms with Gasteiger partial charge in [-0.15, -0.1) is 0 Å². The molecule has 0 spiro atoms. The zero-order chi connectivity index (χ0) is 24.8. The van der Waals surface area contributed by atoms with Gasteiger partial charge < -0.3 is 40.6 Å². The lowest BCUT2D eigenvalue weighted by atomic mass is 10.2. The summed E-state index contributed by atoms with van der Waals surface area (Å²) in [5, 5.41) is 9.71. The van der Waals surface area contributed by atoms with Crippen LogP contribution in [0.3, 0.4) is 0 Å². The molecule has 0 saturated carbocycles. The van der Waals surface area contributed by atoms with Crippen molar-refractivity contribution in [2.45, 2.75) is 13.0 Å². The van der Waals surface area contributed by atoms with E-state index in [1.54, 1.807) is 6.20 Å². The smallest absolute Gasteiger partial charge is 0.231 e. The molecule has 1 aliphatic rings. The van der Waals surface area contributed by atoms with Gasteiger partial charge in [0, 0.05) is 44.5 Å². The molecular formula is C24H32N8O4. The van der Waals surface area contributed by atoms with Crippen molar-refractivity contribution in [3.8, 4) is 11.5 Å². The predicted molar refractivity (Wildman–Crippen MR) is 135 cm³/mol. The maximum atomic E-state index is 5.56. The predicted octanol–water partition coefficient (Wildman–Crippen LogP) is 1.67. The van der Waals surface area contributed by atoms with E-state index in [2.05, 4.69) is 35.9 Å². The average molecular weight is 497 g/mol. The lowest BCUT2D eigenvalue weighted by Gasteiger charge is -2.12. The SMILES string of the molecule is NCCOCCOCCNc1nc(NCCc2ccccn2)nc(NCc2ccc3c(c2)OCO3)n1. The number of rotatable bonds is 16. The van der Waals surface area contributed by atoms with Gasteiger partial charge in [-0.05, 0) is 29.8 Å². The first kappa shape index (κ1) is 25.4. The molecule has 4 rings (SSSR count). The number of benzene rings is 1. The number of aromatic nitrogens is 4. The highest BCUT2D eigenvalue weighted by Crippen LogP contribution is 2.32. The molecule has 0 amide bonds. The Labute approximate surface area is 210 Å². The highest BCUT2D eigenvalue weighted by atomic mass is 16.7. The first-order valence-electron chi connectivity index (χ1n) is 11.9. The lowest BCUT2D eigenvalue weighted by Crippen LogP contribution is -2.17. The molecule has 3 heterocycles. The summed E-state index contributed by atoms with van der Waals surface area (Å²) < 4.78 is 21.7. The number of nitrogens with one attached hydrogen (secondary N) is 3. The highest BCUT2D eigenvalue weighted by Gasteiger charge is 2.13. The molecule has 0 fully saturated rings. The van der Waals surface area contributed by atoms with Gasteiger partial charge in [0.1, 0.15) is 0 Å². The molecule has 12 nitrogen and oxygen atoms in total. The van der Waals surface area contributed by atoms with Gasteiger partial charge in [-0.2, -0.15) is 15.0 Å². The van der Waals surface area contributed by atoms with E-state index in [1.807, 2.05) is 36.4 Å². The summed E-state index contributed by atoms with van der Waals surface area (Å²) in [6.07, 6.45) is 2.53. The molecule has 1 aromatic carbocycles. The Kier molecular flexibility index (Phi) is 9.84. The monoisotopic (exact) mass is 496 g/mol. The number of hydrogen-bond acceptors (Lipinski definition) is 12. The van der Waals surface area contributed by atoms with Crippen LogP contribution < -0.4 is 31.2 Å². The van der Waals surface area contributed by atoms with Gasteiger partial charge in [0.15, 0.2) is 11.5 Å². The van der Waals surface area contributed by atoms with E-state index >= 15 is 0 Å². The van der Waals surface area contributed by atoms with Gasteiger partial charge in [-0.1, -0.05) is 12.1 Å². The van der Waals surface area contributed by atoms with Gasteiger partial charge >= 0.3 is 0 Å². The first-order valence-corrected chi connectivity index (χ1v) is 11.9. The number of hydrogen-bond donors (Lipinski definition) is 4. The fourth-order valence-electron chi connectivity index (χ4n) is 3.33. The molecular weight excluding hydrogens is 464 g/mol. The zero-order valence-corrected chi connectivity index (χ0v) is 20.1. The number of anilines is 3. The summed E-state index contributed by atoms with van der Waals surface area (Å²) in [6.45, 7) is 4.47. The Bertz CT molecular complexity index is 1070. The van der Waals surface area contributed by atoms with Crippen LogP contribution in [-0.2, 0) is 22.4 Å². The molecule has 0 saturated heterocycles. The van der Waals surface area contributed by atoms with E-state index in [-0.39, 0.29) is 6.79 Å². The largest absolute Gasteiger partial charge is 0.454 e. The van der Waals surface area contributed by atoms with Crippen molar-refractivity contribution in [1.29, 1.82) is 0 Å². The number of nitrogens with two attached hydrogens (primary N) is 1. The average Bonchev–Trinajstić information content (AvgIpc) is 3.38. The van der Waals surface area contributed by atoms with Crippen molar-refractivity contribution in [1.82, 2.24) is 19.9 Å². The van der Waals surface area contributed by atoms with Gasteiger partial charge in [-0.3, -0.25) is 4.98 Å². The molecule has 1 aliphatic heterocycles. The van der Waals surface area contributed by atoms with Gasteiger partial charge in [0.2, 0.25) is 24.6 Å². The first-order chi connectivity index (χ1) is 17.8. The lowest BCUT2D eigenvalue weighted by molar-refractivity contribution is 0.0547. The minimum atomic E-state index is 0.243. The summed E-state index contributed by atoms with van der Waals surface area (Å²) in [7, 11) is 0. The third-order valence-electron chi connectivity index (χ3n) is 5.08. The summed E-state index contributed by atoms with van der Waals surface area (Å²) in [5.41, 5.74) is 7.41. The summed E-state index contributed by atoms with van der Waals surface area (Å²) in [4.78, 5) is 17.9. The summed E-state index contributed by atoms with van der Waals surface area (Å²) in [6, 6.07) is 11.7. The second-order valence-corrected chi connectivity index (χ2v) is 7.79. The quantitative estimate of drug-likeness (QED) is 0.214. The van der Waals surface area contributed by atoms with E-state index in [4.69, 9.17) is 24.7 Å². The van der Waals surface area contributed by atoms with Crippen molar-refractivity contribution < 1.29 is 18.9 Å². The minimum Gasteiger partial charge on any atom is -0.454 e. The van der Waals surface area contributed by atoms with Gasteiger partial charge in [0.25, 0.3) is 0 Å². The maximum Gasteiger partial charge on any atom is 0.231 e. The number of pyridine rings is 1. The molecule has 5 N–H and O–H groups in total. The molecule has 0 aliphatic carbocycles.